The summed E-state index contributed by atoms with van der Waals surface area (Å²) >= 11 is 0. The summed E-state index contributed by atoms with van der Waals surface area (Å²) in [5.74, 6) is -1.69. The molecule has 3 atom stereocenters. The highest BCUT2D eigenvalue weighted by molar-refractivity contribution is 6.82. The first-order valence-corrected chi connectivity index (χ1v) is 14.7. The number of hydrogen-bond acceptors (Lipinski definition) is 4. The Kier molecular flexibility index (Phi) is 6.50. The van der Waals surface area contributed by atoms with Gasteiger partial charge in [-0.25, -0.2) is 0 Å². The first-order chi connectivity index (χ1) is 16.3. The highest BCUT2D eigenvalue weighted by Gasteiger charge is 2.52. The van der Waals surface area contributed by atoms with E-state index in [1.807, 2.05) is 13.8 Å². The molecule has 35 heavy (non-hydrogen) atoms. The Morgan fingerprint density at radius 1 is 1.31 bits per heavy atom. The van der Waals surface area contributed by atoms with Crippen LogP contribution in [0.2, 0.25) is 18.1 Å². The van der Waals surface area contributed by atoms with Crippen LogP contribution in [0.5, 0.6) is 0 Å². The zero-order valence-corrected chi connectivity index (χ0v) is 20.8. The van der Waals surface area contributed by atoms with Crippen molar-refractivity contribution < 1.29 is 27.6 Å². The molecule has 190 valence electrons. The van der Waals surface area contributed by atoms with Crippen molar-refractivity contribution in [2.45, 2.75) is 81.5 Å². The fourth-order valence-corrected chi connectivity index (χ4v) is 11.3. The van der Waals surface area contributed by atoms with Crippen LogP contribution in [0.1, 0.15) is 55.7 Å². The summed E-state index contributed by atoms with van der Waals surface area (Å²) in [6, 6.07) is 4.70. The van der Waals surface area contributed by atoms with Gasteiger partial charge in [-0.2, -0.15) is 18.4 Å². The van der Waals surface area contributed by atoms with Crippen LogP contribution in [0.15, 0.2) is 12.1 Å². The minimum atomic E-state index is -4.61. The van der Waals surface area contributed by atoms with E-state index < -0.39 is 49.8 Å². The number of carbonyl (C=O) groups excluding carboxylic acids is 3. The Morgan fingerprint density at radius 3 is 2.54 bits per heavy atom. The highest BCUT2D eigenvalue weighted by atomic mass is 28.3. The van der Waals surface area contributed by atoms with Gasteiger partial charge in [-0.3, -0.25) is 14.4 Å². The molecule has 4 rings (SSSR count). The van der Waals surface area contributed by atoms with E-state index in [4.69, 9.17) is 0 Å². The van der Waals surface area contributed by atoms with E-state index in [-0.39, 0.29) is 23.6 Å². The van der Waals surface area contributed by atoms with E-state index in [1.54, 1.807) is 0 Å². The van der Waals surface area contributed by atoms with Gasteiger partial charge in [-0.15, -0.1) is 0 Å². The number of carbonyl (C=O) groups is 3. The maximum Gasteiger partial charge on any atom is 0.431 e. The molecule has 0 saturated carbocycles. The number of nitriles is 1. The van der Waals surface area contributed by atoms with Crippen molar-refractivity contribution in [3.63, 3.8) is 0 Å². The number of halogens is 3. The van der Waals surface area contributed by atoms with E-state index in [2.05, 4.69) is 21.7 Å². The highest BCUT2D eigenvalue weighted by Crippen LogP contribution is 2.41. The molecule has 0 unspecified atom stereocenters. The zero-order chi connectivity index (χ0) is 25.6. The van der Waals surface area contributed by atoms with Crippen LogP contribution in [-0.4, -0.2) is 59.5 Å². The van der Waals surface area contributed by atoms with Crippen LogP contribution in [0, 0.1) is 17.2 Å². The van der Waals surface area contributed by atoms with Gasteiger partial charge in [0.25, 0.3) is 5.91 Å². The average Bonchev–Trinajstić information content (AvgIpc) is 3.54. The van der Waals surface area contributed by atoms with Gasteiger partial charge in [-0.1, -0.05) is 24.9 Å². The van der Waals surface area contributed by atoms with Gasteiger partial charge in [0.05, 0.1) is 14.1 Å². The van der Waals surface area contributed by atoms with Crippen LogP contribution in [0.3, 0.4) is 0 Å². The first kappa shape index (κ1) is 25.3. The molecular formula is C23H30F3N5O3Si. The second kappa shape index (κ2) is 9.00. The number of rotatable bonds is 5. The molecule has 0 radical (unpaired) electrons. The third kappa shape index (κ3) is 5.24. The maximum absolute atomic E-state index is 13.3. The minimum absolute atomic E-state index is 0.159. The fourth-order valence-electron chi connectivity index (χ4n) is 5.91. The molecule has 0 aliphatic carbocycles. The van der Waals surface area contributed by atoms with Crippen LogP contribution in [0.25, 0.3) is 0 Å². The molecule has 4 heterocycles. The van der Waals surface area contributed by atoms with Gasteiger partial charge in [0, 0.05) is 17.6 Å². The number of alkyl halides is 3. The molecule has 0 aromatic carbocycles. The molecule has 3 saturated heterocycles. The van der Waals surface area contributed by atoms with Crippen LogP contribution < -0.4 is 10.6 Å². The minimum Gasteiger partial charge on any atom is -0.351 e. The predicted molar refractivity (Wildman–Crippen MR) is 123 cm³/mol. The number of hydrogen-bond donors (Lipinski definition) is 3. The summed E-state index contributed by atoms with van der Waals surface area (Å²) in [5.41, 5.74) is -1.61. The SMILES string of the molecule is CC1(C)C[C@@H](C[C@@H](C#N)NC(=O)[C@@H]2C[Si]3(CCCC3)CN2C(=O)c2ccc(C(F)(F)F)[nH]2)C(=O)N1. The van der Waals surface area contributed by atoms with Crippen molar-refractivity contribution >= 4 is 25.8 Å². The number of nitrogens with zero attached hydrogens (tertiary/aromatic N) is 2. The molecule has 3 aliphatic heterocycles. The normalized spacial score (nSPS) is 25.9. The van der Waals surface area contributed by atoms with Gasteiger partial charge >= 0.3 is 6.18 Å². The molecule has 12 heteroatoms. The largest absolute Gasteiger partial charge is 0.431 e. The van der Waals surface area contributed by atoms with Crippen LogP contribution in [0.4, 0.5) is 13.2 Å². The molecule has 3 aliphatic rings. The Labute approximate surface area is 202 Å². The lowest BCUT2D eigenvalue weighted by atomic mass is 9.92. The van der Waals surface area contributed by atoms with Gasteiger partial charge in [0.1, 0.15) is 23.5 Å². The number of aromatic nitrogens is 1. The van der Waals surface area contributed by atoms with Gasteiger partial charge in [0.15, 0.2) is 0 Å². The van der Waals surface area contributed by atoms with Crippen molar-refractivity contribution in [1.29, 1.82) is 5.26 Å². The summed E-state index contributed by atoms with van der Waals surface area (Å²) in [5, 5.41) is 15.2. The molecule has 1 aromatic heterocycles. The van der Waals surface area contributed by atoms with Crippen LogP contribution in [-0.2, 0) is 15.8 Å². The predicted octanol–water partition coefficient (Wildman–Crippen LogP) is 2.95. The lowest BCUT2D eigenvalue weighted by Gasteiger charge is -2.25. The molecular weight excluding hydrogens is 479 g/mol. The van der Waals surface area contributed by atoms with E-state index in [9.17, 15) is 32.8 Å². The van der Waals surface area contributed by atoms with Crippen molar-refractivity contribution in [2.75, 3.05) is 6.17 Å². The van der Waals surface area contributed by atoms with Gasteiger partial charge in [0.2, 0.25) is 11.8 Å². The summed E-state index contributed by atoms with van der Waals surface area (Å²) < 4.78 is 39.1. The molecule has 0 bridgehead atoms. The van der Waals surface area contributed by atoms with Crippen molar-refractivity contribution in [2.24, 2.45) is 5.92 Å². The summed E-state index contributed by atoms with van der Waals surface area (Å²) in [7, 11) is -1.95. The second-order valence-corrected chi connectivity index (χ2v) is 15.6. The molecule has 1 aromatic rings. The summed E-state index contributed by atoms with van der Waals surface area (Å²) in [6.45, 7) is 3.78. The number of nitrogens with one attached hydrogen (secondary N) is 3. The smallest absolute Gasteiger partial charge is 0.351 e. The third-order valence-corrected chi connectivity index (χ3v) is 12.6. The Hall–Kier alpha value is -2.81. The fraction of sp³-hybridized carbons (Fsp3) is 0.652. The van der Waals surface area contributed by atoms with E-state index in [0.717, 1.165) is 37.1 Å². The Balaban J connectivity index is 1.50. The third-order valence-electron chi connectivity index (χ3n) is 7.54. The monoisotopic (exact) mass is 509 g/mol. The molecule has 1 spiro atoms. The standard InChI is InChI=1S/C23H30F3N5O3Si/c1-22(2)10-14(19(32)30-22)9-15(11-27)28-20(33)17-12-35(7-3-4-8-35)13-31(17)21(34)16-5-6-18(29-16)23(24,25)26/h5-6,14-15,17,29H,3-4,7-10,12-13H2,1-2H3,(H,28,33)(H,30,32)/t14-,15+,17+/m1/s1. The van der Waals surface area contributed by atoms with Crippen molar-refractivity contribution in [1.82, 2.24) is 20.5 Å². The van der Waals surface area contributed by atoms with Crippen LogP contribution >= 0.6 is 0 Å². The van der Waals surface area contributed by atoms with E-state index >= 15 is 0 Å². The number of H-pyrrole nitrogens is 1. The zero-order valence-electron chi connectivity index (χ0n) is 19.8. The Morgan fingerprint density at radius 2 is 2.00 bits per heavy atom. The van der Waals surface area contributed by atoms with Gasteiger partial charge < -0.3 is 20.5 Å². The van der Waals surface area contributed by atoms with Crippen molar-refractivity contribution in [3.05, 3.63) is 23.5 Å². The molecule has 3 amide bonds. The lowest BCUT2D eigenvalue weighted by Crippen LogP contribution is -2.49. The second-order valence-electron chi connectivity index (χ2n) is 10.8. The summed E-state index contributed by atoms with van der Waals surface area (Å²) in [6.07, 6.45) is -1.44. The molecule has 8 nitrogen and oxygen atoms in total. The first-order valence-electron chi connectivity index (χ1n) is 11.9. The number of amides is 3. The topological polar surface area (TPSA) is 118 Å². The number of aromatic amines is 1. The molecule has 3 N–H and O–H groups in total. The van der Waals surface area contributed by atoms with E-state index in [0.29, 0.717) is 18.6 Å². The van der Waals surface area contributed by atoms with E-state index in [1.165, 1.54) is 4.90 Å². The molecule has 3 fully saturated rings. The van der Waals surface area contributed by atoms with Gasteiger partial charge in [-0.05, 0) is 44.9 Å². The maximum atomic E-state index is 13.3. The van der Waals surface area contributed by atoms with Crippen molar-refractivity contribution in [3.8, 4) is 6.07 Å². The summed E-state index contributed by atoms with van der Waals surface area (Å²) in [4.78, 5) is 42.4. The quantitative estimate of drug-likeness (QED) is 0.529. The lowest BCUT2D eigenvalue weighted by molar-refractivity contribution is -0.140. The average molecular weight is 510 g/mol. The Bertz CT molecular complexity index is 1060.